The van der Waals surface area contributed by atoms with E-state index >= 15 is 0 Å². The van der Waals surface area contributed by atoms with Crippen LogP contribution in [-0.2, 0) is 0 Å². The first kappa shape index (κ1) is 17.5. The number of rotatable bonds is 4. The van der Waals surface area contributed by atoms with Crippen molar-refractivity contribution in [3.05, 3.63) is 0 Å². The number of aliphatic hydroxyl groups is 1. The highest BCUT2D eigenvalue weighted by atomic mass is 16.3. The van der Waals surface area contributed by atoms with E-state index in [1.54, 1.807) is 0 Å². The summed E-state index contributed by atoms with van der Waals surface area (Å²) >= 11 is 0. The lowest BCUT2D eigenvalue weighted by Gasteiger charge is -2.37. The average Bonchev–Trinajstić information content (AvgIpc) is 2.72. The molecule has 2 rings (SSSR count). The molecule has 0 bridgehead atoms. The van der Waals surface area contributed by atoms with Gasteiger partial charge in [-0.2, -0.15) is 0 Å². The van der Waals surface area contributed by atoms with Gasteiger partial charge in [-0.05, 0) is 45.1 Å². The number of nitrogens with one attached hydrogen (secondary N) is 1. The topological polar surface area (TPSA) is 55.8 Å². The zero-order valence-corrected chi connectivity index (χ0v) is 14.3. The van der Waals surface area contributed by atoms with Gasteiger partial charge >= 0.3 is 6.03 Å². The third kappa shape index (κ3) is 5.13. The van der Waals surface area contributed by atoms with Crippen LogP contribution in [0.2, 0.25) is 0 Å². The Hall–Kier alpha value is -0.810. The summed E-state index contributed by atoms with van der Waals surface area (Å²) < 4.78 is 0. The molecular formula is C17H33N3O2. The van der Waals surface area contributed by atoms with Gasteiger partial charge < -0.3 is 20.2 Å². The molecule has 0 aromatic heterocycles. The smallest absolute Gasteiger partial charge is 0.317 e. The second-order valence-electron chi connectivity index (χ2n) is 7.18. The lowest BCUT2D eigenvalue weighted by molar-refractivity contribution is 0.117. The van der Waals surface area contributed by atoms with Crippen LogP contribution in [0.1, 0.15) is 51.9 Å². The SMILES string of the molecule is CC1CCCC(NC(=O)N2CCC(N(C)CCO)CC2)CC1. The Morgan fingerprint density at radius 3 is 2.59 bits per heavy atom. The van der Waals surface area contributed by atoms with Crippen molar-refractivity contribution in [1.82, 2.24) is 15.1 Å². The Balaban J connectivity index is 1.73. The maximum atomic E-state index is 12.4. The Labute approximate surface area is 135 Å². The van der Waals surface area contributed by atoms with Gasteiger partial charge in [0.15, 0.2) is 0 Å². The van der Waals surface area contributed by atoms with Crippen molar-refractivity contribution in [2.24, 2.45) is 5.92 Å². The molecule has 0 radical (unpaired) electrons. The number of carbonyl (C=O) groups excluding carboxylic acids is 1. The second kappa shape index (κ2) is 8.73. The molecule has 2 aliphatic rings. The minimum absolute atomic E-state index is 0.128. The van der Waals surface area contributed by atoms with E-state index in [9.17, 15) is 4.79 Å². The van der Waals surface area contributed by atoms with Gasteiger partial charge in [-0.3, -0.25) is 0 Å². The van der Waals surface area contributed by atoms with Crippen LogP contribution in [0.15, 0.2) is 0 Å². The van der Waals surface area contributed by atoms with Crippen molar-refractivity contribution in [3.63, 3.8) is 0 Å². The summed E-state index contributed by atoms with van der Waals surface area (Å²) in [5.41, 5.74) is 0. The molecule has 1 saturated carbocycles. The van der Waals surface area contributed by atoms with Gasteiger partial charge in [0.25, 0.3) is 0 Å². The molecule has 1 saturated heterocycles. The number of aliphatic hydroxyl groups excluding tert-OH is 1. The van der Waals surface area contributed by atoms with Crippen molar-refractivity contribution in [2.75, 3.05) is 33.3 Å². The number of nitrogens with zero attached hydrogens (tertiary/aromatic N) is 2. The second-order valence-corrected chi connectivity index (χ2v) is 7.18. The monoisotopic (exact) mass is 311 g/mol. The molecule has 1 heterocycles. The maximum Gasteiger partial charge on any atom is 0.317 e. The number of piperidine rings is 1. The van der Waals surface area contributed by atoms with Crippen LogP contribution in [0.5, 0.6) is 0 Å². The highest BCUT2D eigenvalue weighted by Crippen LogP contribution is 2.23. The summed E-state index contributed by atoms with van der Waals surface area (Å²) in [6.45, 7) is 4.90. The first-order valence-electron chi connectivity index (χ1n) is 8.96. The van der Waals surface area contributed by atoms with Gasteiger partial charge in [0.1, 0.15) is 0 Å². The quantitative estimate of drug-likeness (QED) is 0.781. The molecule has 1 aliphatic heterocycles. The summed E-state index contributed by atoms with van der Waals surface area (Å²) in [5, 5.41) is 12.3. The molecule has 128 valence electrons. The highest BCUT2D eigenvalue weighted by molar-refractivity contribution is 5.74. The molecule has 0 spiro atoms. The third-order valence-electron chi connectivity index (χ3n) is 5.41. The van der Waals surface area contributed by atoms with Crippen molar-refractivity contribution in [1.29, 1.82) is 0 Å². The highest BCUT2D eigenvalue weighted by Gasteiger charge is 2.26. The summed E-state index contributed by atoms with van der Waals surface area (Å²) in [4.78, 5) is 16.6. The average molecular weight is 311 g/mol. The van der Waals surface area contributed by atoms with E-state index in [-0.39, 0.29) is 12.6 Å². The fourth-order valence-electron chi connectivity index (χ4n) is 3.75. The van der Waals surface area contributed by atoms with Gasteiger partial charge in [-0.1, -0.05) is 19.8 Å². The zero-order chi connectivity index (χ0) is 15.9. The van der Waals surface area contributed by atoms with Crippen molar-refractivity contribution >= 4 is 6.03 Å². The Morgan fingerprint density at radius 1 is 1.18 bits per heavy atom. The van der Waals surface area contributed by atoms with E-state index in [1.807, 2.05) is 4.90 Å². The summed E-state index contributed by atoms with van der Waals surface area (Å²) in [5.74, 6) is 0.805. The minimum Gasteiger partial charge on any atom is -0.395 e. The number of likely N-dealkylation sites (N-methyl/N-ethyl adjacent to an activating group) is 1. The number of hydrogen-bond acceptors (Lipinski definition) is 3. The molecule has 22 heavy (non-hydrogen) atoms. The number of likely N-dealkylation sites (tertiary alicyclic amines) is 1. The fraction of sp³-hybridized carbons (Fsp3) is 0.941. The van der Waals surface area contributed by atoms with Crippen LogP contribution in [0.25, 0.3) is 0 Å². The van der Waals surface area contributed by atoms with Crippen LogP contribution in [0, 0.1) is 5.92 Å². The molecule has 2 N–H and O–H groups in total. The van der Waals surface area contributed by atoms with Crippen LogP contribution in [0.4, 0.5) is 4.79 Å². The largest absolute Gasteiger partial charge is 0.395 e. The number of hydrogen-bond donors (Lipinski definition) is 2. The van der Waals surface area contributed by atoms with E-state index in [0.29, 0.717) is 12.1 Å². The van der Waals surface area contributed by atoms with Crippen LogP contribution >= 0.6 is 0 Å². The van der Waals surface area contributed by atoms with Gasteiger partial charge in [-0.25, -0.2) is 4.79 Å². The number of carbonyl (C=O) groups is 1. The number of amides is 2. The molecule has 2 amide bonds. The number of urea groups is 1. The third-order valence-corrected chi connectivity index (χ3v) is 5.41. The van der Waals surface area contributed by atoms with Crippen molar-refractivity contribution in [2.45, 2.75) is 64.0 Å². The molecular weight excluding hydrogens is 278 g/mol. The lowest BCUT2D eigenvalue weighted by Crippen LogP contribution is -2.51. The van der Waals surface area contributed by atoms with Crippen LogP contribution in [-0.4, -0.2) is 66.3 Å². The van der Waals surface area contributed by atoms with Crippen LogP contribution < -0.4 is 5.32 Å². The van der Waals surface area contributed by atoms with Gasteiger partial charge in [-0.15, -0.1) is 0 Å². The maximum absolute atomic E-state index is 12.4. The first-order valence-corrected chi connectivity index (χ1v) is 8.96. The van der Waals surface area contributed by atoms with E-state index < -0.39 is 0 Å². The molecule has 1 aliphatic carbocycles. The fourth-order valence-corrected chi connectivity index (χ4v) is 3.75. The molecule has 0 aromatic carbocycles. The molecule has 0 aromatic rings. The Morgan fingerprint density at radius 2 is 1.91 bits per heavy atom. The first-order chi connectivity index (χ1) is 10.6. The standard InChI is InChI=1S/C17H33N3O2/c1-14-4-3-5-15(7-6-14)18-17(22)20-10-8-16(9-11-20)19(2)12-13-21/h14-16,21H,3-13H2,1-2H3,(H,18,22). The normalized spacial score (nSPS) is 27.7. The minimum atomic E-state index is 0.128. The predicted molar refractivity (Wildman–Crippen MR) is 88.9 cm³/mol. The van der Waals surface area contributed by atoms with Gasteiger partial charge in [0.05, 0.1) is 6.61 Å². The van der Waals surface area contributed by atoms with Crippen molar-refractivity contribution < 1.29 is 9.90 Å². The molecule has 2 fully saturated rings. The molecule has 2 atom stereocenters. The van der Waals surface area contributed by atoms with Crippen LogP contribution in [0.3, 0.4) is 0 Å². The Kier molecular flexibility index (Phi) is 6.96. The molecule has 5 nitrogen and oxygen atoms in total. The summed E-state index contributed by atoms with van der Waals surface area (Å²) in [6.07, 6.45) is 8.04. The zero-order valence-electron chi connectivity index (χ0n) is 14.3. The van der Waals surface area contributed by atoms with E-state index in [2.05, 4.69) is 24.2 Å². The lowest BCUT2D eigenvalue weighted by atomic mass is 10.0. The van der Waals surface area contributed by atoms with Crippen molar-refractivity contribution in [3.8, 4) is 0 Å². The summed E-state index contributed by atoms with van der Waals surface area (Å²) in [6, 6.07) is 0.991. The summed E-state index contributed by atoms with van der Waals surface area (Å²) in [7, 11) is 2.06. The van der Waals surface area contributed by atoms with Gasteiger partial charge in [0, 0.05) is 31.7 Å². The van der Waals surface area contributed by atoms with E-state index in [1.165, 1.54) is 19.3 Å². The molecule has 2 unspecified atom stereocenters. The predicted octanol–water partition coefficient (Wildman–Crippen LogP) is 2.05. The van der Waals surface area contributed by atoms with E-state index in [4.69, 9.17) is 5.11 Å². The molecule has 5 heteroatoms. The Bertz CT molecular complexity index is 343. The van der Waals surface area contributed by atoms with Gasteiger partial charge in [0.2, 0.25) is 0 Å². The van der Waals surface area contributed by atoms with E-state index in [0.717, 1.165) is 51.2 Å².